The molecule has 1 aliphatic carbocycles. The van der Waals surface area contributed by atoms with Crippen molar-refractivity contribution < 1.29 is 8.42 Å². The van der Waals surface area contributed by atoms with E-state index in [-0.39, 0.29) is 6.04 Å². The van der Waals surface area contributed by atoms with Gasteiger partial charge < -0.3 is 5.32 Å². The Balaban J connectivity index is 1.77. The fourth-order valence-corrected chi connectivity index (χ4v) is 4.83. The van der Waals surface area contributed by atoms with E-state index in [2.05, 4.69) is 30.8 Å². The largest absolute Gasteiger partial charge is 0.314 e. The van der Waals surface area contributed by atoms with Gasteiger partial charge in [-0.05, 0) is 50.5 Å². The van der Waals surface area contributed by atoms with Crippen LogP contribution < -0.4 is 10.0 Å². The smallest absolute Gasteiger partial charge is 0.279 e. The average Bonchev–Trinajstić information content (AvgIpc) is 2.81. The molecule has 0 amide bonds. The maximum atomic E-state index is 12.4. The van der Waals surface area contributed by atoms with Gasteiger partial charge in [0.1, 0.15) is 0 Å². The maximum absolute atomic E-state index is 12.4. The van der Waals surface area contributed by atoms with Crippen molar-refractivity contribution in [3.05, 3.63) is 0 Å². The highest BCUT2D eigenvalue weighted by atomic mass is 32.2. The molecular weight excluding hydrogens is 286 g/mol. The summed E-state index contributed by atoms with van der Waals surface area (Å²) in [5.74, 6) is 1.25. The lowest BCUT2D eigenvalue weighted by Gasteiger charge is -2.32. The molecule has 0 bridgehead atoms. The predicted molar refractivity (Wildman–Crippen MR) is 86.3 cm³/mol. The number of hydrogen-bond donors (Lipinski definition) is 2. The molecule has 1 saturated heterocycles. The molecule has 0 radical (unpaired) electrons. The Bertz CT molecular complexity index is 417. The molecule has 0 aromatic rings. The third-order valence-electron chi connectivity index (χ3n) is 4.74. The van der Waals surface area contributed by atoms with Crippen molar-refractivity contribution in [2.75, 3.05) is 19.6 Å². The Hall–Kier alpha value is -0.170. The number of piperidine rings is 1. The minimum Gasteiger partial charge on any atom is -0.314 e. The quantitative estimate of drug-likeness (QED) is 0.784. The highest BCUT2D eigenvalue weighted by Crippen LogP contribution is 2.26. The van der Waals surface area contributed by atoms with Crippen LogP contribution in [0.1, 0.15) is 52.9 Å². The lowest BCUT2D eigenvalue weighted by atomic mass is 9.98. The standard InChI is InChI=1S/C15H31N3O2S/c1-12(2)16-11-14-6-8-18(9-7-14)21(19,20)17-15-5-4-13(3)10-15/h12-17H,4-11H2,1-3H3. The van der Waals surface area contributed by atoms with Crippen LogP contribution in [0.15, 0.2) is 0 Å². The first-order valence-corrected chi connectivity index (χ1v) is 9.81. The lowest BCUT2D eigenvalue weighted by Crippen LogP contribution is -2.48. The van der Waals surface area contributed by atoms with Crippen LogP contribution in [0.4, 0.5) is 0 Å². The Labute approximate surface area is 130 Å². The molecule has 2 aliphatic rings. The maximum Gasteiger partial charge on any atom is 0.279 e. The second-order valence-corrected chi connectivity index (χ2v) is 8.85. The van der Waals surface area contributed by atoms with E-state index in [9.17, 15) is 8.42 Å². The summed E-state index contributed by atoms with van der Waals surface area (Å²) < 4.78 is 29.4. The Morgan fingerprint density at radius 3 is 2.33 bits per heavy atom. The molecule has 5 nitrogen and oxygen atoms in total. The average molecular weight is 317 g/mol. The van der Waals surface area contributed by atoms with Crippen molar-refractivity contribution in [2.45, 2.75) is 65.0 Å². The van der Waals surface area contributed by atoms with Crippen LogP contribution in [-0.2, 0) is 10.2 Å². The van der Waals surface area contributed by atoms with Crippen molar-refractivity contribution >= 4 is 10.2 Å². The van der Waals surface area contributed by atoms with Crippen molar-refractivity contribution in [2.24, 2.45) is 11.8 Å². The van der Waals surface area contributed by atoms with Gasteiger partial charge in [0.05, 0.1) is 0 Å². The third kappa shape index (κ3) is 5.20. The van der Waals surface area contributed by atoms with Crippen LogP contribution in [0, 0.1) is 11.8 Å². The van der Waals surface area contributed by atoms with Crippen LogP contribution in [0.3, 0.4) is 0 Å². The zero-order chi connectivity index (χ0) is 15.5. The Morgan fingerprint density at radius 1 is 1.14 bits per heavy atom. The molecule has 124 valence electrons. The summed E-state index contributed by atoms with van der Waals surface area (Å²) in [5.41, 5.74) is 0. The van der Waals surface area contributed by atoms with Gasteiger partial charge in [-0.2, -0.15) is 17.4 Å². The van der Waals surface area contributed by atoms with E-state index in [1.165, 1.54) is 0 Å². The zero-order valence-corrected chi connectivity index (χ0v) is 14.5. The van der Waals surface area contributed by atoms with Crippen LogP contribution in [0.25, 0.3) is 0 Å². The van der Waals surface area contributed by atoms with E-state index in [0.29, 0.717) is 31.0 Å². The first-order valence-electron chi connectivity index (χ1n) is 8.37. The van der Waals surface area contributed by atoms with Crippen molar-refractivity contribution in [3.63, 3.8) is 0 Å². The van der Waals surface area contributed by atoms with Gasteiger partial charge in [0.15, 0.2) is 0 Å². The number of hydrogen-bond acceptors (Lipinski definition) is 3. The first-order chi connectivity index (χ1) is 9.87. The SMILES string of the molecule is CC1CCC(NS(=O)(=O)N2CCC(CNC(C)C)CC2)C1. The molecule has 2 atom stereocenters. The van der Waals surface area contributed by atoms with Gasteiger partial charge in [-0.3, -0.25) is 0 Å². The number of nitrogens with one attached hydrogen (secondary N) is 2. The molecule has 2 N–H and O–H groups in total. The van der Waals surface area contributed by atoms with E-state index in [1.54, 1.807) is 4.31 Å². The summed E-state index contributed by atoms with van der Waals surface area (Å²) in [4.78, 5) is 0. The third-order valence-corrected chi connectivity index (χ3v) is 6.41. The predicted octanol–water partition coefficient (Wildman–Crippen LogP) is 1.72. The Morgan fingerprint density at radius 2 is 1.81 bits per heavy atom. The van der Waals surface area contributed by atoms with E-state index in [0.717, 1.165) is 38.6 Å². The summed E-state index contributed by atoms with van der Waals surface area (Å²) in [5, 5.41) is 3.45. The summed E-state index contributed by atoms with van der Waals surface area (Å²) in [7, 11) is -3.28. The van der Waals surface area contributed by atoms with Gasteiger partial charge in [0.25, 0.3) is 10.2 Å². The highest BCUT2D eigenvalue weighted by molar-refractivity contribution is 7.87. The fraction of sp³-hybridized carbons (Fsp3) is 1.00. The number of nitrogens with zero attached hydrogens (tertiary/aromatic N) is 1. The molecule has 0 aromatic heterocycles. The van der Waals surface area contributed by atoms with E-state index < -0.39 is 10.2 Å². The Kier molecular flexibility index (Phi) is 6.05. The lowest BCUT2D eigenvalue weighted by molar-refractivity contribution is 0.260. The molecule has 2 fully saturated rings. The van der Waals surface area contributed by atoms with Crippen LogP contribution in [0.5, 0.6) is 0 Å². The summed E-state index contributed by atoms with van der Waals surface area (Å²) in [6.07, 6.45) is 5.02. The highest BCUT2D eigenvalue weighted by Gasteiger charge is 2.31. The van der Waals surface area contributed by atoms with E-state index >= 15 is 0 Å². The molecule has 1 aliphatic heterocycles. The summed E-state index contributed by atoms with van der Waals surface area (Å²) >= 11 is 0. The first kappa shape index (κ1) is 17.2. The topological polar surface area (TPSA) is 61.4 Å². The van der Waals surface area contributed by atoms with Crippen molar-refractivity contribution in [3.8, 4) is 0 Å². The second kappa shape index (κ2) is 7.40. The van der Waals surface area contributed by atoms with Crippen molar-refractivity contribution in [1.29, 1.82) is 0 Å². The normalized spacial score (nSPS) is 29.3. The molecule has 1 saturated carbocycles. The van der Waals surface area contributed by atoms with E-state index in [4.69, 9.17) is 0 Å². The minimum atomic E-state index is -3.28. The van der Waals surface area contributed by atoms with Crippen LogP contribution >= 0.6 is 0 Å². The van der Waals surface area contributed by atoms with Crippen LogP contribution in [-0.4, -0.2) is 44.4 Å². The molecule has 0 spiro atoms. The monoisotopic (exact) mass is 317 g/mol. The minimum absolute atomic E-state index is 0.144. The fourth-order valence-electron chi connectivity index (χ4n) is 3.36. The van der Waals surface area contributed by atoms with Gasteiger partial charge in [0, 0.05) is 25.2 Å². The van der Waals surface area contributed by atoms with Gasteiger partial charge in [0.2, 0.25) is 0 Å². The van der Waals surface area contributed by atoms with Gasteiger partial charge in [-0.1, -0.05) is 20.8 Å². The molecule has 6 heteroatoms. The van der Waals surface area contributed by atoms with Gasteiger partial charge in [-0.25, -0.2) is 0 Å². The molecule has 2 rings (SSSR count). The van der Waals surface area contributed by atoms with Gasteiger partial charge >= 0.3 is 0 Å². The van der Waals surface area contributed by atoms with E-state index in [1.807, 2.05) is 0 Å². The van der Waals surface area contributed by atoms with Gasteiger partial charge in [-0.15, -0.1) is 0 Å². The number of rotatable bonds is 6. The molecule has 21 heavy (non-hydrogen) atoms. The van der Waals surface area contributed by atoms with Crippen LogP contribution in [0.2, 0.25) is 0 Å². The molecular formula is C15H31N3O2S. The summed E-state index contributed by atoms with van der Waals surface area (Å²) in [6.45, 7) is 8.79. The zero-order valence-electron chi connectivity index (χ0n) is 13.6. The van der Waals surface area contributed by atoms with Crippen molar-refractivity contribution in [1.82, 2.24) is 14.3 Å². The molecule has 1 heterocycles. The molecule has 2 unspecified atom stereocenters. The molecule has 0 aromatic carbocycles. The summed E-state index contributed by atoms with van der Waals surface area (Å²) in [6, 6.07) is 0.642. The second-order valence-electron chi connectivity index (χ2n) is 7.14.